The Morgan fingerprint density at radius 2 is 2.10 bits per heavy atom. The molecule has 0 aliphatic carbocycles. The Morgan fingerprint density at radius 3 is 2.80 bits per heavy atom. The van der Waals surface area contributed by atoms with E-state index >= 15 is 0 Å². The Bertz CT molecular complexity index is 575. The minimum atomic E-state index is -3.47. The van der Waals surface area contributed by atoms with E-state index < -0.39 is 10.0 Å². The van der Waals surface area contributed by atoms with E-state index in [1.54, 1.807) is 16.4 Å². The van der Waals surface area contributed by atoms with Gasteiger partial charge in [-0.1, -0.05) is 18.9 Å². The number of rotatable bonds is 3. The van der Waals surface area contributed by atoms with E-state index in [9.17, 15) is 8.42 Å². The molecule has 0 saturated carbocycles. The maximum Gasteiger partial charge on any atom is 0.244 e. The van der Waals surface area contributed by atoms with E-state index in [4.69, 9.17) is 5.73 Å². The van der Waals surface area contributed by atoms with Gasteiger partial charge in [0.1, 0.15) is 0 Å². The summed E-state index contributed by atoms with van der Waals surface area (Å²) in [6, 6.07) is 5.33. The van der Waals surface area contributed by atoms with Crippen LogP contribution in [0.25, 0.3) is 0 Å². The molecule has 1 aliphatic heterocycles. The molecule has 2 N–H and O–H groups in total. The third-order valence-electron chi connectivity index (χ3n) is 3.81. The van der Waals surface area contributed by atoms with Gasteiger partial charge in [-0.15, -0.1) is 0 Å². The average Bonchev–Trinajstić information content (AvgIpc) is 2.64. The highest BCUT2D eigenvalue weighted by molar-refractivity contribution is 9.10. The van der Waals surface area contributed by atoms with E-state index in [-0.39, 0.29) is 6.04 Å². The second kappa shape index (κ2) is 6.56. The van der Waals surface area contributed by atoms with Crippen molar-refractivity contribution in [3.8, 4) is 0 Å². The van der Waals surface area contributed by atoms with Crippen molar-refractivity contribution >= 4 is 26.0 Å². The first-order chi connectivity index (χ1) is 9.46. The lowest BCUT2D eigenvalue weighted by Gasteiger charge is -2.27. The predicted octanol–water partition coefficient (Wildman–Crippen LogP) is 2.86. The van der Waals surface area contributed by atoms with Crippen LogP contribution in [0.5, 0.6) is 0 Å². The highest BCUT2D eigenvalue weighted by atomic mass is 79.9. The maximum atomic E-state index is 12.9. The molecule has 20 heavy (non-hydrogen) atoms. The molecule has 0 amide bonds. The number of nitrogens with two attached hydrogens (primary N) is 1. The largest absolute Gasteiger partial charge is 0.326 e. The molecule has 4 nitrogen and oxygen atoms in total. The summed E-state index contributed by atoms with van der Waals surface area (Å²) >= 11 is 3.35. The average molecular weight is 361 g/mol. The van der Waals surface area contributed by atoms with Gasteiger partial charge >= 0.3 is 0 Å². The lowest BCUT2D eigenvalue weighted by Crippen LogP contribution is -2.38. The van der Waals surface area contributed by atoms with Crippen molar-refractivity contribution in [2.75, 3.05) is 6.54 Å². The second-order valence-corrected chi connectivity index (χ2v) is 8.00. The summed E-state index contributed by atoms with van der Waals surface area (Å²) in [5, 5.41) is 0. The Kier molecular flexibility index (Phi) is 5.23. The first-order valence-corrected chi connectivity index (χ1v) is 9.20. The van der Waals surface area contributed by atoms with Crippen LogP contribution in [0.3, 0.4) is 0 Å². The maximum absolute atomic E-state index is 12.9. The number of sulfonamides is 1. The molecule has 1 aromatic carbocycles. The molecular formula is C14H21BrN2O2S. The molecule has 1 fully saturated rings. The van der Waals surface area contributed by atoms with Crippen LogP contribution >= 0.6 is 15.9 Å². The fourth-order valence-electron chi connectivity index (χ4n) is 2.60. The van der Waals surface area contributed by atoms with Crippen molar-refractivity contribution in [2.24, 2.45) is 5.73 Å². The minimum Gasteiger partial charge on any atom is -0.326 e. The molecule has 1 atom stereocenters. The summed E-state index contributed by atoms with van der Waals surface area (Å²) in [4.78, 5) is 0.328. The molecule has 0 aromatic heterocycles. The summed E-state index contributed by atoms with van der Waals surface area (Å²) in [6.45, 7) is 2.93. The van der Waals surface area contributed by atoms with Crippen molar-refractivity contribution in [1.29, 1.82) is 0 Å². The molecule has 1 unspecified atom stereocenters. The summed E-state index contributed by atoms with van der Waals surface area (Å²) in [5.74, 6) is 0. The van der Waals surface area contributed by atoms with Crippen molar-refractivity contribution in [1.82, 2.24) is 4.31 Å². The van der Waals surface area contributed by atoms with Gasteiger partial charge in [0.15, 0.2) is 0 Å². The van der Waals surface area contributed by atoms with Gasteiger partial charge < -0.3 is 5.73 Å². The number of hydrogen-bond donors (Lipinski definition) is 1. The van der Waals surface area contributed by atoms with Gasteiger partial charge in [0.05, 0.1) is 4.90 Å². The van der Waals surface area contributed by atoms with Gasteiger partial charge in [-0.25, -0.2) is 8.42 Å². The van der Waals surface area contributed by atoms with Crippen LogP contribution in [0.4, 0.5) is 0 Å². The van der Waals surface area contributed by atoms with Gasteiger partial charge in [0.2, 0.25) is 10.0 Å². The Labute approximate surface area is 129 Å². The Morgan fingerprint density at radius 1 is 1.35 bits per heavy atom. The zero-order chi connectivity index (χ0) is 14.8. The molecule has 1 heterocycles. The lowest BCUT2D eigenvalue weighted by molar-refractivity contribution is 0.342. The molecule has 0 spiro atoms. The molecule has 1 aliphatic rings. The van der Waals surface area contributed by atoms with Gasteiger partial charge in [-0.3, -0.25) is 0 Å². The molecule has 2 rings (SSSR count). The molecule has 0 bridgehead atoms. The molecular weight excluding hydrogens is 340 g/mol. The highest BCUT2D eigenvalue weighted by Crippen LogP contribution is 2.30. The summed E-state index contributed by atoms with van der Waals surface area (Å²) in [5.41, 5.74) is 6.45. The fraction of sp³-hybridized carbons (Fsp3) is 0.571. The molecule has 1 aromatic rings. The third-order valence-corrected chi connectivity index (χ3v) is 6.82. The van der Waals surface area contributed by atoms with E-state index in [1.165, 1.54) is 0 Å². The van der Waals surface area contributed by atoms with E-state index in [0.29, 0.717) is 22.5 Å². The summed E-state index contributed by atoms with van der Waals surface area (Å²) in [7, 11) is -3.47. The van der Waals surface area contributed by atoms with Crippen LogP contribution in [0.1, 0.15) is 38.2 Å². The topological polar surface area (TPSA) is 63.4 Å². The monoisotopic (exact) mass is 360 g/mol. The summed E-state index contributed by atoms with van der Waals surface area (Å²) in [6.07, 6.45) is 4.04. The number of nitrogens with zero attached hydrogens (tertiary/aromatic N) is 1. The number of benzene rings is 1. The smallest absolute Gasteiger partial charge is 0.244 e. The predicted molar refractivity (Wildman–Crippen MR) is 83.9 cm³/mol. The fourth-order valence-corrected chi connectivity index (χ4v) is 5.28. The van der Waals surface area contributed by atoms with E-state index in [0.717, 1.165) is 31.2 Å². The minimum absolute atomic E-state index is 0.0518. The zero-order valence-corrected chi connectivity index (χ0v) is 14.1. The first-order valence-electron chi connectivity index (χ1n) is 6.97. The SMILES string of the molecule is CC1CCCCCN1S(=O)(=O)c1cc(CN)ccc1Br. The first kappa shape index (κ1) is 15.9. The van der Waals surface area contributed by atoms with E-state index in [2.05, 4.69) is 15.9 Å². The highest BCUT2D eigenvalue weighted by Gasteiger charge is 2.31. The van der Waals surface area contributed by atoms with Crippen LogP contribution in [0.2, 0.25) is 0 Å². The van der Waals surface area contributed by atoms with Crippen molar-refractivity contribution in [3.63, 3.8) is 0 Å². The second-order valence-electron chi connectivity index (χ2n) is 5.28. The normalized spacial score (nSPS) is 21.6. The summed E-state index contributed by atoms with van der Waals surface area (Å²) < 4.78 is 28.0. The quantitative estimate of drug-likeness (QED) is 0.901. The number of halogens is 1. The van der Waals surface area contributed by atoms with Crippen molar-refractivity contribution < 1.29 is 8.42 Å². The zero-order valence-electron chi connectivity index (χ0n) is 11.7. The van der Waals surface area contributed by atoms with Gasteiger partial charge in [-0.2, -0.15) is 4.31 Å². The van der Waals surface area contributed by atoms with Crippen LogP contribution in [0.15, 0.2) is 27.6 Å². The van der Waals surface area contributed by atoms with Gasteiger partial charge in [-0.05, 0) is 53.4 Å². The third kappa shape index (κ3) is 3.24. The number of hydrogen-bond acceptors (Lipinski definition) is 3. The van der Waals surface area contributed by atoms with E-state index in [1.807, 2.05) is 13.0 Å². The van der Waals surface area contributed by atoms with Crippen molar-refractivity contribution in [3.05, 3.63) is 28.2 Å². The Balaban J connectivity index is 2.43. The van der Waals surface area contributed by atoms with Gasteiger partial charge in [0.25, 0.3) is 0 Å². The van der Waals surface area contributed by atoms with Gasteiger partial charge in [0, 0.05) is 23.6 Å². The lowest BCUT2D eigenvalue weighted by atomic mass is 10.1. The van der Waals surface area contributed by atoms with Crippen LogP contribution in [0, 0.1) is 0 Å². The molecule has 6 heteroatoms. The molecule has 112 valence electrons. The molecule has 0 radical (unpaired) electrons. The van der Waals surface area contributed by atoms with Crippen LogP contribution < -0.4 is 5.73 Å². The van der Waals surface area contributed by atoms with Crippen molar-refractivity contribution in [2.45, 2.75) is 50.1 Å². The van der Waals surface area contributed by atoms with Crippen LogP contribution in [-0.2, 0) is 16.6 Å². The Hall–Kier alpha value is -0.430. The van der Waals surface area contributed by atoms with Crippen LogP contribution in [-0.4, -0.2) is 25.3 Å². The molecule has 1 saturated heterocycles. The standard InChI is InChI=1S/C14H21BrN2O2S/c1-11-5-3-2-4-8-17(11)20(18,19)14-9-12(10-16)6-7-13(14)15/h6-7,9,11H,2-5,8,10,16H2,1H3.